The van der Waals surface area contributed by atoms with E-state index in [9.17, 15) is 21.6 Å². The summed E-state index contributed by atoms with van der Waals surface area (Å²) >= 11 is 0. The Balaban J connectivity index is 1.53. The predicted molar refractivity (Wildman–Crippen MR) is 97.0 cm³/mol. The first kappa shape index (κ1) is 20.6. The molecule has 1 aromatic carbocycles. The second kappa shape index (κ2) is 8.08. The van der Waals surface area contributed by atoms with Crippen molar-refractivity contribution in [3.8, 4) is 11.4 Å². The highest BCUT2D eigenvalue weighted by molar-refractivity contribution is 7.88. The van der Waals surface area contributed by atoms with E-state index in [-0.39, 0.29) is 23.8 Å². The van der Waals surface area contributed by atoms with Crippen LogP contribution in [0.3, 0.4) is 0 Å². The summed E-state index contributed by atoms with van der Waals surface area (Å²) in [5.41, 5.74) is -0.305. The predicted octanol–water partition coefficient (Wildman–Crippen LogP) is 3.28. The van der Waals surface area contributed by atoms with Gasteiger partial charge in [0, 0.05) is 18.2 Å². The highest BCUT2D eigenvalue weighted by Crippen LogP contribution is 2.31. The lowest BCUT2D eigenvalue weighted by molar-refractivity contribution is -0.137. The van der Waals surface area contributed by atoms with Crippen molar-refractivity contribution >= 4 is 16.0 Å². The first-order valence-electron chi connectivity index (χ1n) is 8.83. The van der Waals surface area contributed by atoms with Gasteiger partial charge in [-0.1, -0.05) is 17.3 Å². The van der Waals surface area contributed by atoms with Gasteiger partial charge in [-0.05, 0) is 43.7 Å². The van der Waals surface area contributed by atoms with Crippen LogP contribution in [0.4, 0.5) is 19.2 Å². The summed E-state index contributed by atoms with van der Waals surface area (Å²) < 4.78 is 67.9. The maximum Gasteiger partial charge on any atom is 0.416 e. The third kappa shape index (κ3) is 5.68. The smallest absolute Gasteiger partial charge is 0.335 e. The quantitative estimate of drug-likeness (QED) is 0.747. The van der Waals surface area contributed by atoms with Crippen LogP contribution in [0.2, 0.25) is 0 Å². The molecule has 2 aromatic rings. The molecule has 11 heteroatoms. The number of hydrogen-bond acceptors (Lipinski definition) is 6. The molecule has 0 aliphatic heterocycles. The standard InChI is InChI=1S/C17H21F3N4O3S/c1-28(25,26)21-10-11-2-8-14(9-3-11)22-16-23-15(24-27-16)12-4-6-13(7-5-12)17(18,19)20/h4-7,11,14,21H,2-3,8-10H2,1H3,(H,22,23,24). The van der Waals surface area contributed by atoms with Crippen molar-refractivity contribution in [3.63, 3.8) is 0 Å². The summed E-state index contributed by atoms with van der Waals surface area (Å²) in [6, 6.07) is 4.90. The topological polar surface area (TPSA) is 97.1 Å². The Kier molecular flexibility index (Phi) is 5.94. The molecule has 0 spiro atoms. The van der Waals surface area contributed by atoms with Crippen LogP contribution in [0.1, 0.15) is 31.2 Å². The molecule has 1 aliphatic carbocycles. The van der Waals surface area contributed by atoms with Gasteiger partial charge in [0.15, 0.2) is 0 Å². The fraction of sp³-hybridized carbons (Fsp3) is 0.529. The maximum absolute atomic E-state index is 12.6. The van der Waals surface area contributed by atoms with Gasteiger partial charge in [0.1, 0.15) is 0 Å². The number of nitrogens with one attached hydrogen (secondary N) is 2. The van der Waals surface area contributed by atoms with Gasteiger partial charge in [0.2, 0.25) is 15.8 Å². The van der Waals surface area contributed by atoms with Crippen molar-refractivity contribution in [3.05, 3.63) is 29.8 Å². The number of rotatable bonds is 6. The molecule has 0 radical (unpaired) electrons. The zero-order valence-electron chi connectivity index (χ0n) is 15.2. The van der Waals surface area contributed by atoms with Crippen LogP contribution in [0.25, 0.3) is 11.4 Å². The van der Waals surface area contributed by atoms with Crippen LogP contribution in [0.5, 0.6) is 0 Å². The molecular weight excluding hydrogens is 397 g/mol. The molecule has 7 nitrogen and oxygen atoms in total. The third-order valence-electron chi connectivity index (χ3n) is 4.71. The average Bonchev–Trinajstić information content (AvgIpc) is 3.08. The van der Waals surface area contributed by atoms with Gasteiger partial charge in [0.05, 0.1) is 11.8 Å². The summed E-state index contributed by atoms with van der Waals surface area (Å²) in [7, 11) is -3.18. The van der Waals surface area contributed by atoms with Crippen molar-refractivity contribution < 1.29 is 26.1 Å². The van der Waals surface area contributed by atoms with Gasteiger partial charge in [0.25, 0.3) is 0 Å². The Morgan fingerprint density at radius 2 is 1.79 bits per heavy atom. The van der Waals surface area contributed by atoms with E-state index in [1.165, 1.54) is 12.1 Å². The minimum atomic E-state index is -4.39. The van der Waals surface area contributed by atoms with E-state index in [1.54, 1.807) is 0 Å². The van der Waals surface area contributed by atoms with Crippen molar-refractivity contribution in [2.45, 2.75) is 37.9 Å². The van der Waals surface area contributed by atoms with E-state index in [1.807, 2.05) is 0 Å². The SMILES string of the molecule is CS(=O)(=O)NCC1CCC(Nc2nc(-c3ccc(C(F)(F)F)cc3)no2)CC1. The number of nitrogens with zero attached hydrogens (tertiary/aromatic N) is 2. The molecule has 0 saturated heterocycles. The van der Waals surface area contributed by atoms with Gasteiger partial charge in [-0.15, -0.1) is 0 Å². The lowest BCUT2D eigenvalue weighted by Crippen LogP contribution is -2.33. The van der Waals surface area contributed by atoms with Crippen molar-refractivity contribution in [2.75, 3.05) is 18.1 Å². The number of anilines is 1. The number of sulfonamides is 1. The van der Waals surface area contributed by atoms with Crippen LogP contribution in [-0.4, -0.2) is 37.4 Å². The van der Waals surface area contributed by atoms with Crippen molar-refractivity contribution in [1.82, 2.24) is 14.9 Å². The van der Waals surface area contributed by atoms with Crippen LogP contribution in [-0.2, 0) is 16.2 Å². The molecule has 1 saturated carbocycles. The second-order valence-corrected chi connectivity index (χ2v) is 8.81. The fourth-order valence-electron chi connectivity index (χ4n) is 3.16. The summed E-state index contributed by atoms with van der Waals surface area (Å²) in [4.78, 5) is 4.19. The molecule has 1 fully saturated rings. The molecule has 1 aromatic heterocycles. The van der Waals surface area contributed by atoms with Gasteiger partial charge >= 0.3 is 12.2 Å². The van der Waals surface area contributed by atoms with Crippen LogP contribution in [0.15, 0.2) is 28.8 Å². The number of benzene rings is 1. The van der Waals surface area contributed by atoms with E-state index in [2.05, 4.69) is 20.2 Å². The van der Waals surface area contributed by atoms with Crippen molar-refractivity contribution in [2.24, 2.45) is 5.92 Å². The zero-order chi connectivity index (χ0) is 20.4. The molecule has 28 heavy (non-hydrogen) atoms. The molecule has 1 aliphatic rings. The third-order valence-corrected chi connectivity index (χ3v) is 5.40. The molecular formula is C17H21F3N4O3S. The summed E-state index contributed by atoms with van der Waals surface area (Å²) in [5, 5.41) is 6.95. The van der Waals surface area contributed by atoms with Gasteiger partial charge in [-0.25, -0.2) is 13.1 Å². The largest absolute Gasteiger partial charge is 0.416 e. The Labute approximate surface area is 160 Å². The zero-order valence-corrected chi connectivity index (χ0v) is 16.0. The monoisotopic (exact) mass is 418 g/mol. The summed E-state index contributed by atoms with van der Waals surface area (Å²) in [6.45, 7) is 0.435. The first-order valence-corrected chi connectivity index (χ1v) is 10.7. The normalized spacial score (nSPS) is 20.9. The van der Waals surface area contributed by atoms with Crippen molar-refractivity contribution in [1.29, 1.82) is 0 Å². The van der Waals surface area contributed by atoms with Gasteiger partial charge in [-0.3, -0.25) is 0 Å². The molecule has 1 heterocycles. The Bertz CT molecular complexity index is 889. The number of alkyl halides is 3. The summed E-state index contributed by atoms with van der Waals surface area (Å²) in [5.74, 6) is 0.500. The maximum atomic E-state index is 12.6. The van der Waals surface area contributed by atoms with Crippen LogP contribution in [0, 0.1) is 5.92 Å². The Hall–Kier alpha value is -2.14. The average molecular weight is 418 g/mol. The molecule has 0 unspecified atom stereocenters. The highest BCUT2D eigenvalue weighted by atomic mass is 32.2. The highest BCUT2D eigenvalue weighted by Gasteiger charge is 2.30. The number of aromatic nitrogens is 2. The van der Waals surface area contributed by atoms with Crippen LogP contribution < -0.4 is 10.0 Å². The molecule has 0 amide bonds. The minimum Gasteiger partial charge on any atom is -0.335 e. The first-order chi connectivity index (χ1) is 13.1. The molecule has 0 atom stereocenters. The lowest BCUT2D eigenvalue weighted by Gasteiger charge is -2.28. The Morgan fingerprint density at radius 3 is 2.36 bits per heavy atom. The summed E-state index contributed by atoms with van der Waals surface area (Å²) in [6.07, 6.45) is 0.130. The Morgan fingerprint density at radius 1 is 1.14 bits per heavy atom. The van der Waals surface area contributed by atoms with Gasteiger partial charge in [-0.2, -0.15) is 18.2 Å². The van der Waals surface area contributed by atoms with E-state index < -0.39 is 21.8 Å². The number of hydrogen-bond donors (Lipinski definition) is 2. The lowest BCUT2D eigenvalue weighted by atomic mass is 9.86. The minimum absolute atomic E-state index is 0.121. The van der Waals surface area contributed by atoms with E-state index in [0.717, 1.165) is 44.1 Å². The van der Waals surface area contributed by atoms with Crippen LogP contribution >= 0.6 is 0 Å². The molecule has 2 N–H and O–H groups in total. The van der Waals surface area contributed by atoms with E-state index >= 15 is 0 Å². The second-order valence-electron chi connectivity index (χ2n) is 6.98. The number of halogens is 3. The van der Waals surface area contributed by atoms with E-state index in [4.69, 9.17) is 4.52 Å². The molecule has 154 valence electrons. The fourth-order valence-corrected chi connectivity index (χ4v) is 3.70. The van der Waals surface area contributed by atoms with E-state index in [0.29, 0.717) is 12.1 Å². The molecule has 0 bridgehead atoms. The van der Waals surface area contributed by atoms with Gasteiger partial charge < -0.3 is 9.84 Å². The molecule has 3 rings (SSSR count).